The van der Waals surface area contributed by atoms with Crippen LogP contribution < -0.4 is 10.1 Å². The Morgan fingerprint density at radius 3 is 2.61 bits per heavy atom. The maximum absolute atomic E-state index is 12.0. The lowest BCUT2D eigenvalue weighted by Crippen LogP contribution is -2.21. The molecule has 120 valence electrons. The van der Waals surface area contributed by atoms with Gasteiger partial charge in [-0.25, -0.2) is 0 Å². The molecule has 0 saturated heterocycles. The summed E-state index contributed by atoms with van der Waals surface area (Å²) in [5, 5.41) is 3.61. The molecule has 0 radical (unpaired) electrons. The topological polar surface area (TPSA) is 55.4 Å². The Labute approximate surface area is 144 Å². The van der Waals surface area contributed by atoms with E-state index in [-0.39, 0.29) is 18.1 Å². The molecule has 0 aliphatic heterocycles. The van der Waals surface area contributed by atoms with Crippen LogP contribution in [0.25, 0.3) is 0 Å². The monoisotopic (exact) mass is 351 g/mol. The van der Waals surface area contributed by atoms with E-state index in [0.717, 1.165) is 11.1 Å². The Hall–Kier alpha value is -2.04. The molecule has 1 N–H and O–H groups in total. The summed E-state index contributed by atoms with van der Waals surface area (Å²) in [6, 6.07) is 8.30. The number of aldehydes is 1. The average molecular weight is 352 g/mol. The summed E-state index contributed by atoms with van der Waals surface area (Å²) < 4.78 is 5.38. The maximum Gasteiger partial charge on any atom is 0.262 e. The van der Waals surface area contributed by atoms with Crippen molar-refractivity contribution in [3.63, 3.8) is 0 Å². The second kappa shape index (κ2) is 7.49. The zero-order valence-corrected chi connectivity index (χ0v) is 14.2. The predicted octanol–water partition coefficient (Wildman–Crippen LogP) is 4.44. The van der Waals surface area contributed by atoms with Crippen LogP contribution in [0.15, 0.2) is 30.3 Å². The lowest BCUT2D eigenvalue weighted by atomic mass is 10.1. The Balaban J connectivity index is 2.05. The third kappa shape index (κ3) is 4.47. The van der Waals surface area contributed by atoms with Crippen molar-refractivity contribution in [1.29, 1.82) is 0 Å². The number of hydrogen-bond donors (Lipinski definition) is 1. The maximum atomic E-state index is 12.0. The van der Waals surface area contributed by atoms with Crippen molar-refractivity contribution in [1.82, 2.24) is 0 Å². The minimum atomic E-state index is -0.370. The molecular weight excluding hydrogens is 337 g/mol. The summed E-state index contributed by atoms with van der Waals surface area (Å²) in [4.78, 5) is 23.0. The van der Waals surface area contributed by atoms with Gasteiger partial charge in [0.2, 0.25) is 0 Å². The highest BCUT2D eigenvalue weighted by Crippen LogP contribution is 2.27. The summed E-state index contributed by atoms with van der Waals surface area (Å²) >= 11 is 11.9. The van der Waals surface area contributed by atoms with Crippen LogP contribution in [0.4, 0.5) is 5.69 Å². The molecule has 0 saturated carbocycles. The van der Waals surface area contributed by atoms with Crippen molar-refractivity contribution in [3.05, 3.63) is 57.1 Å². The van der Waals surface area contributed by atoms with Gasteiger partial charge in [-0.3, -0.25) is 9.59 Å². The number of rotatable bonds is 5. The Kier molecular flexibility index (Phi) is 5.64. The van der Waals surface area contributed by atoms with E-state index in [4.69, 9.17) is 27.9 Å². The van der Waals surface area contributed by atoms with Crippen LogP contribution >= 0.6 is 23.2 Å². The Morgan fingerprint density at radius 1 is 1.22 bits per heavy atom. The lowest BCUT2D eigenvalue weighted by Gasteiger charge is -2.13. The molecule has 0 heterocycles. The average Bonchev–Trinajstić information content (AvgIpc) is 2.49. The van der Waals surface area contributed by atoms with E-state index >= 15 is 0 Å². The molecular formula is C17H15Cl2NO3. The number of hydrogen-bond acceptors (Lipinski definition) is 3. The highest BCUT2D eigenvalue weighted by atomic mass is 35.5. The van der Waals surface area contributed by atoms with E-state index in [1.54, 1.807) is 18.2 Å². The van der Waals surface area contributed by atoms with E-state index in [2.05, 4.69) is 5.32 Å². The first-order valence-electron chi connectivity index (χ1n) is 6.85. The van der Waals surface area contributed by atoms with Crippen molar-refractivity contribution in [2.24, 2.45) is 0 Å². The van der Waals surface area contributed by atoms with Crippen LogP contribution in [-0.2, 0) is 4.79 Å². The quantitative estimate of drug-likeness (QED) is 0.810. The molecule has 0 atom stereocenters. The van der Waals surface area contributed by atoms with Crippen molar-refractivity contribution >= 4 is 41.1 Å². The molecule has 0 aromatic heterocycles. The van der Waals surface area contributed by atoms with Crippen molar-refractivity contribution in [2.45, 2.75) is 13.8 Å². The van der Waals surface area contributed by atoms with Gasteiger partial charge in [-0.2, -0.15) is 0 Å². The number of ether oxygens (including phenoxy) is 1. The first kappa shape index (κ1) is 17.3. The van der Waals surface area contributed by atoms with Crippen LogP contribution in [0.1, 0.15) is 21.5 Å². The van der Waals surface area contributed by atoms with Gasteiger partial charge in [-0.15, -0.1) is 0 Å². The molecule has 0 bridgehead atoms. The van der Waals surface area contributed by atoms with Gasteiger partial charge in [0.25, 0.3) is 5.91 Å². The van der Waals surface area contributed by atoms with Gasteiger partial charge in [0.1, 0.15) is 5.75 Å². The van der Waals surface area contributed by atoms with Crippen LogP contribution in [-0.4, -0.2) is 18.8 Å². The van der Waals surface area contributed by atoms with E-state index < -0.39 is 0 Å². The SMILES string of the molecule is Cc1cc(C)c(NC(=O)COc2ccc(Cl)cc2C=O)c(Cl)c1. The number of amides is 1. The van der Waals surface area contributed by atoms with Gasteiger partial charge >= 0.3 is 0 Å². The molecule has 0 aliphatic rings. The summed E-state index contributed by atoms with van der Waals surface area (Å²) in [5.41, 5.74) is 2.72. The highest BCUT2D eigenvalue weighted by molar-refractivity contribution is 6.34. The van der Waals surface area contributed by atoms with Gasteiger partial charge in [0.15, 0.2) is 12.9 Å². The van der Waals surface area contributed by atoms with Crippen LogP contribution in [0, 0.1) is 13.8 Å². The fourth-order valence-electron chi connectivity index (χ4n) is 2.14. The first-order valence-corrected chi connectivity index (χ1v) is 7.60. The minimum Gasteiger partial charge on any atom is -0.483 e. The number of benzene rings is 2. The minimum absolute atomic E-state index is 0.244. The standard InChI is InChI=1S/C17H15Cl2NO3/c1-10-5-11(2)17(14(19)6-10)20-16(22)9-23-15-4-3-13(18)7-12(15)8-21/h3-8H,9H2,1-2H3,(H,20,22). The summed E-state index contributed by atoms with van der Waals surface area (Å²) in [5.74, 6) is -0.0723. The van der Waals surface area contributed by atoms with Crippen molar-refractivity contribution in [3.8, 4) is 5.75 Å². The number of halogens is 2. The largest absolute Gasteiger partial charge is 0.483 e. The fourth-order valence-corrected chi connectivity index (χ4v) is 2.68. The third-order valence-electron chi connectivity index (χ3n) is 3.15. The van der Waals surface area contributed by atoms with E-state index in [1.165, 1.54) is 6.07 Å². The van der Waals surface area contributed by atoms with Crippen LogP contribution in [0.2, 0.25) is 10.0 Å². The third-order valence-corrected chi connectivity index (χ3v) is 3.69. The molecule has 2 aromatic carbocycles. The Morgan fingerprint density at radius 2 is 1.96 bits per heavy atom. The lowest BCUT2D eigenvalue weighted by molar-refractivity contribution is -0.118. The zero-order valence-electron chi connectivity index (χ0n) is 12.7. The van der Waals surface area contributed by atoms with Gasteiger partial charge in [-0.1, -0.05) is 29.3 Å². The molecule has 2 aromatic rings. The van der Waals surface area contributed by atoms with Gasteiger partial charge in [0.05, 0.1) is 16.3 Å². The van der Waals surface area contributed by atoms with Crippen molar-refractivity contribution < 1.29 is 14.3 Å². The van der Waals surface area contributed by atoms with Crippen molar-refractivity contribution in [2.75, 3.05) is 11.9 Å². The Bertz CT molecular complexity index is 736. The molecule has 6 heteroatoms. The molecule has 0 fully saturated rings. The molecule has 2 rings (SSSR count). The molecule has 0 unspecified atom stereocenters. The van der Waals surface area contributed by atoms with Crippen LogP contribution in [0.3, 0.4) is 0 Å². The van der Waals surface area contributed by atoms with Gasteiger partial charge in [0, 0.05) is 5.02 Å². The van der Waals surface area contributed by atoms with Gasteiger partial charge < -0.3 is 10.1 Å². The van der Waals surface area contributed by atoms with E-state index in [9.17, 15) is 9.59 Å². The molecule has 23 heavy (non-hydrogen) atoms. The molecule has 0 spiro atoms. The zero-order chi connectivity index (χ0) is 17.0. The first-order chi connectivity index (χ1) is 10.9. The second-order valence-corrected chi connectivity index (χ2v) is 5.92. The smallest absolute Gasteiger partial charge is 0.262 e. The number of aryl methyl sites for hydroxylation is 2. The predicted molar refractivity (Wildman–Crippen MR) is 91.9 cm³/mol. The number of carbonyl (C=O) groups is 2. The number of nitrogens with one attached hydrogen (secondary N) is 1. The number of anilines is 1. The fraction of sp³-hybridized carbons (Fsp3) is 0.176. The second-order valence-electron chi connectivity index (χ2n) is 5.08. The molecule has 1 amide bonds. The number of carbonyl (C=O) groups excluding carboxylic acids is 2. The summed E-state index contributed by atoms with van der Waals surface area (Å²) in [6.45, 7) is 3.54. The highest BCUT2D eigenvalue weighted by Gasteiger charge is 2.11. The van der Waals surface area contributed by atoms with E-state index in [0.29, 0.717) is 27.8 Å². The van der Waals surface area contributed by atoms with Gasteiger partial charge in [-0.05, 0) is 49.2 Å². The summed E-state index contributed by atoms with van der Waals surface area (Å²) in [6.07, 6.45) is 0.625. The van der Waals surface area contributed by atoms with E-state index in [1.807, 2.05) is 19.9 Å². The normalized spacial score (nSPS) is 10.3. The van der Waals surface area contributed by atoms with Crippen LogP contribution in [0.5, 0.6) is 5.75 Å². The molecule has 0 aliphatic carbocycles. The molecule has 4 nitrogen and oxygen atoms in total. The summed E-state index contributed by atoms with van der Waals surface area (Å²) in [7, 11) is 0.